The second-order valence-corrected chi connectivity index (χ2v) is 5.85. The summed E-state index contributed by atoms with van der Waals surface area (Å²) in [5, 5.41) is 8.65. The van der Waals surface area contributed by atoms with E-state index < -0.39 is 0 Å². The summed E-state index contributed by atoms with van der Waals surface area (Å²) < 4.78 is 2.23. The topological polar surface area (TPSA) is 56.7 Å². The molecule has 0 saturated carbocycles. The molecule has 2 N–H and O–H groups in total. The molecule has 1 aliphatic rings. The Kier molecular flexibility index (Phi) is 3.83. The van der Waals surface area contributed by atoms with Crippen molar-refractivity contribution in [3.05, 3.63) is 47.5 Å². The molecule has 0 bridgehead atoms. The van der Waals surface area contributed by atoms with Crippen LogP contribution < -0.4 is 5.73 Å². The van der Waals surface area contributed by atoms with Crippen LogP contribution in [0, 0.1) is 5.92 Å². The van der Waals surface area contributed by atoms with Crippen LogP contribution in [-0.2, 0) is 19.4 Å². The normalized spacial score (nSPS) is 19.6. The van der Waals surface area contributed by atoms with Gasteiger partial charge < -0.3 is 10.3 Å². The van der Waals surface area contributed by atoms with Gasteiger partial charge in [-0.2, -0.15) is 0 Å². The van der Waals surface area contributed by atoms with Crippen molar-refractivity contribution in [1.29, 1.82) is 0 Å². The van der Waals surface area contributed by atoms with Crippen LogP contribution in [0.1, 0.15) is 43.0 Å². The Morgan fingerprint density at radius 1 is 1.30 bits per heavy atom. The van der Waals surface area contributed by atoms with E-state index in [4.69, 9.17) is 5.73 Å². The zero-order valence-electron chi connectivity index (χ0n) is 12.0. The number of rotatable bonds is 4. The molecule has 0 fully saturated rings. The highest BCUT2D eigenvalue weighted by Crippen LogP contribution is 2.23. The van der Waals surface area contributed by atoms with E-state index in [1.165, 1.54) is 12.0 Å². The maximum absolute atomic E-state index is 6.32. The number of nitrogens with two attached hydrogens (primary N) is 1. The van der Waals surface area contributed by atoms with E-state index in [0.717, 1.165) is 37.5 Å². The van der Waals surface area contributed by atoms with Crippen molar-refractivity contribution in [2.24, 2.45) is 11.7 Å². The second-order valence-electron chi connectivity index (χ2n) is 5.85. The highest BCUT2D eigenvalue weighted by molar-refractivity contribution is 5.15. The van der Waals surface area contributed by atoms with Gasteiger partial charge in [-0.3, -0.25) is 0 Å². The van der Waals surface area contributed by atoms with Crippen molar-refractivity contribution in [2.75, 3.05) is 0 Å². The van der Waals surface area contributed by atoms with Crippen molar-refractivity contribution in [1.82, 2.24) is 14.8 Å². The van der Waals surface area contributed by atoms with Crippen LogP contribution in [0.4, 0.5) is 0 Å². The van der Waals surface area contributed by atoms with Crippen molar-refractivity contribution >= 4 is 0 Å². The minimum absolute atomic E-state index is 0.0233. The first-order valence-corrected chi connectivity index (χ1v) is 7.45. The second kappa shape index (κ2) is 5.75. The van der Waals surface area contributed by atoms with E-state index in [9.17, 15) is 0 Å². The largest absolute Gasteiger partial charge is 0.321 e. The maximum Gasteiger partial charge on any atom is 0.149 e. The standard InChI is InChI=1S/C16H22N4/c1-12-9-10-20-15(11-12)18-19-16(20)14(17)8-7-13-5-3-2-4-6-13/h2-6,12,14H,7-11,17H2,1H3. The zero-order valence-corrected chi connectivity index (χ0v) is 12.0. The third kappa shape index (κ3) is 2.75. The predicted octanol–water partition coefficient (Wildman–Crippen LogP) is 2.49. The van der Waals surface area contributed by atoms with Crippen molar-refractivity contribution in [3.8, 4) is 0 Å². The van der Waals surface area contributed by atoms with Gasteiger partial charge in [0.25, 0.3) is 0 Å². The average molecular weight is 270 g/mol. The minimum atomic E-state index is -0.0233. The van der Waals surface area contributed by atoms with Crippen molar-refractivity contribution < 1.29 is 0 Å². The predicted molar refractivity (Wildman–Crippen MR) is 79.2 cm³/mol. The molecule has 20 heavy (non-hydrogen) atoms. The molecule has 3 rings (SSSR count). The van der Waals surface area contributed by atoms with Crippen LogP contribution >= 0.6 is 0 Å². The van der Waals surface area contributed by atoms with Gasteiger partial charge in [-0.25, -0.2) is 0 Å². The van der Waals surface area contributed by atoms with Crippen LogP contribution in [0.3, 0.4) is 0 Å². The molecule has 4 heteroatoms. The fourth-order valence-corrected chi connectivity index (χ4v) is 2.88. The molecular weight excluding hydrogens is 248 g/mol. The Morgan fingerprint density at radius 3 is 2.90 bits per heavy atom. The van der Waals surface area contributed by atoms with E-state index in [0.29, 0.717) is 5.92 Å². The lowest BCUT2D eigenvalue weighted by Gasteiger charge is -2.22. The summed E-state index contributed by atoms with van der Waals surface area (Å²) in [5.41, 5.74) is 7.65. The molecule has 0 amide bonds. The fraction of sp³-hybridized carbons (Fsp3) is 0.500. The lowest BCUT2D eigenvalue weighted by Crippen LogP contribution is -2.23. The molecule has 2 heterocycles. The van der Waals surface area contributed by atoms with Crippen LogP contribution in [0.15, 0.2) is 30.3 Å². The highest BCUT2D eigenvalue weighted by atomic mass is 15.3. The third-order valence-corrected chi connectivity index (χ3v) is 4.15. The first-order valence-electron chi connectivity index (χ1n) is 7.45. The summed E-state index contributed by atoms with van der Waals surface area (Å²) in [6.07, 6.45) is 4.13. The third-order valence-electron chi connectivity index (χ3n) is 4.15. The summed E-state index contributed by atoms with van der Waals surface area (Å²) in [6.45, 7) is 3.28. The number of nitrogens with zero attached hydrogens (tertiary/aromatic N) is 3. The van der Waals surface area contributed by atoms with Gasteiger partial charge in [-0.15, -0.1) is 10.2 Å². The first kappa shape index (κ1) is 13.3. The number of benzene rings is 1. The first-order chi connectivity index (χ1) is 9.74. The maximum atomic E-state index is 6.32. The van der Waals surface area contributed by atoms with E-state index in [-0.39, 0.29) is 6.04 Å². The average Bonchev–Trinajstić information content (AvgIpc) is 2.89. The Morgan fingerprint density at radius 2 is 2.10 bits per heavy atom. The van der Waals surface area contributed by atoms with Gasteiger partial charge in [0.05, 0.1) is 6.04 Å². The molecule has 1 aromatic carbocycles. The molecular formula is C16H22N4. The van der Waals surface area contributed by atoms with Gasteiger partial charge in [0, 0.05) is 13.0 Å². The van der Waals surface area contributed by atoms with Crippen molar-refractivity contribution in [2.45, 2.75) is 45.2 Å². The lowest BCUT2D eigenvalue weighted by molar-refractivity contribution is 0.395. The SMILES string of the molecule is CC1CCn2c(nnc2C(N)CCc2ccccc2)C1. The molecule has 0 saturated heterocycles. The number of hydrogen-bond donors (Lipinski definition) is 1. The molecule has 106 valence electrons. The molecule has 0 aliphatic carbocycles. The van der Waals surface area contributed by atoms with Crippen LogP contribution in [0.2, 0.25) is 0 Å². The molecule has 2 aromatic rings. The number of hydrogen-bond acceptors (Lipinski definition) is 3. The van der Waals surface area contributed by atoms with Crippen LogP contribution in [-0.4, -0.2) is 14.8 Å². The Labute approximate surface area is 120 Å². The van der Waals surface area contributed by atoms with Crippen molar-refractivity contribution in [3.63, 3.8) is 0 Å². The smallest absolute Gasteiger partial charge is 0.149 e. The number of fused-ring (bicyclic) bond motifs is 1. The van der Waals surface area contributed by atoms with Gasteiger partial charge in [0.1, 0.15) is 11.6 Å². The monoisotopic (exact) mass is 270 g/mol. The van der Waals surface area contributed by atoms with Gasteiger partial charge in [-0.05, 0) is 30.7 Å². The molecule has 1 aromatic heterocycles. The minimum Gasteiger partial charge on any atom is -0.321 e. The fourth-order valence-electron chi connectivity index (χ4n) is 2.88. The molecule has 1 aliphatic heterocycles. The number of aromatic nitrogens is 3. The Balaban J connectivity index is 1.67. The molecule has 4 nitrogen and oxygen atoms in total. The molecule has 2 atom stereocenters. The zero-order chi connectivity index (χ0) is 13.9. The summed E-state index contributed by atoms with van der Waals surface area (Å²) in [5.74, 6) is 2.77. The van der Waals surface area contributed by atoms with Gasteiger partial charge >= 0.3 is 0 Å². The highest BCUT2D eigenvalue weighted by Gasteiger charge is 2.23. The van der Waals surface area contributed by atoms with E-state index >= 15 is 0 Å². The lowest BCUT2D eigenvalue weighted by atomic mass is 9.99. The van der Waals surface area contributed by atoms with E-state index in [1.54, 1.807) is 0 Å². The molecule has 0 radical (unpaired) electrons. The van der Waals surface area contributed by atoms with Gasteiger partial charge in [0.2, 0.25) is 0 Å². The van der Waals surface area contributed by atoms with Gasteiger partial charge in [0.15, 0.2) is 0 Å². The summed E-state index contributed by atoms with van der Waals surface area (Å²) in [4.78, 5) is 0. The quantitative estimate of drug-likeness (QED) is 0.928. The van der Waals surface area contributed by atoms with E-state index in [2.05, 4.69) is 46.0 Å². The summed E-state index contributed by atoms with van der Waals surface area (Å²) in [7, 11) is 0. The Bertz CT molecular complexity index is 561. The summed E-state index contributed by atoms with van der Waals surface area (Å²) >= 11 is 0. The Hall–Kier alpha value is -1.68. The number of aryl methyl sites for hydroxylation is 1. The van der Waals surface area contributed by atoms with Crippen LogP contribution in [0.5, 0.6) is 0 Å². The van der Waals surface area contributed by atoms with Crippen LogP contribution in [0.25, 0.3) is 0 Å². The molecule has 0 spiro atoms. The van der Waals surface area contributed by atoms with E-state index in [1.807, 2.05) is 6.07 Å². The molecule has 2 unspecified atom stereocenters. The van der Waals surface area contributed by atoms with Gasteiger partial charge in [-0.1, -0.05) is 37.3 Å². The summed E-state index contributed by atoms with van der Waals surface area (Å²) in [6, 6.07) is 10.5.